The lowest BCUT2D eigenvalue weighted by Crippen LogP contribution is -2.03. The van der Waals surface area contributed by atoms with Crippen molar-refractivity contribution in [2.75, 3.05) is 11.9 Å². The first-order chi connectivity index (χ1) is 8.61. The fraction of sp³-hybridized carbons (Fsp3) is 0.273. The van der Waals surface area contributed by atoms with Gasteiger partial charge in [0.15, 0.2) is 0 Å². The first-order valence-electron chi connectivity index (χ1n) is 5.50. The van der Waals surface area contributed by atoms with Crippen LogP contribution in [0.15, 0.2) is 24.4 Å². The molecule has 0 saturated heterocycles. The lowest BCUT2D eigenvalue weighted by molar-refractivity contribution is -0.384. The molecule has 7 heteroatoms. The van der Waals surface area contributed by atoms with Gasteiger partial charge in [-0.05, 0) is 13.0 Å². The minimum atomic E-state index is -0.428. The third kappa shape index (κ3) is 2.29. The molecule has 0 bridgehead atoms. The van der Waals surface area contributed by atoms with Gasteiger partial charge in [0.2, 0.25) is 0 Å². The van der Waals surface area contributed by atoms with E-state index in [2.05, 4.69) is 15.4 Å². The van der Waals surface area contributed by atoms with Crippen molar-refractivity contribution in [2.45, 2.75) is 6.92 Å². The molecule has 0 atom stereocenters. The van der Waals surface area contributed by atoms with Crippen LogP contribution >= 0.6 is 0 Å². The van der Waals surface area contributed by atoms with Gasteiger partial charge < -0.3 is 5.32 Å². The Hall–Kier alpha value is -2.44. The number of nitro groups is 1. The van der Waals surface area contributed by atoms with Crippen molar-refractivity contribution in [3.05, 3.63) is 34.5 Å². The Morgan fingerprint density at radius 2 is 2.28 bits per heavy atom. The smallest absolute Gasteiger partial charge is 0.275 e. The number of pyridine rings is 1. The van der Waals surface area contributed by atoms with Gasteiger partial charge in [0.05, 0.1) is 22.4 Å². The predicted molar refractivity (Wildman–Crippen MR) is 67.3 cm³/mol. The quantitative estimate of drug-likeness (QED) is 0.657. The van der Waals surface area contributed by atoms with Crippen molar-refractivity contribution in [3.8, 4) is 11.4 Å². The highest BCUT2D eigenvalue weighted by atomic mass is 16.6. The van der Waals surface area contributed by atoms with E-state index in [-0.39, 0.29) is 5.69 Å². The van der Waals surface area contributed by atoms with Crippen LogP contribution in [0.2, 0.25) is 0 Å². The maximum Gasteiger partial charge on any atom is 0.275 e. The molecule has 0 spiro atoms. The number of rotatable bonds is 4. The zero-order valence-corrected chi connectivity index (χ0v) is 10.1. The number of hydrogen-bond acceptors (Lipinski definition) is 5. The van der Waals surface area contributed by atoms with Gasteiger partial charge in [-0.1, -0.05) is 0 Å². The summed E-state index contributed by atoms with van der Waals surface area (Å²) < 4.78 is 1.63. The van der Waals surface area contributed by atoms with Crippen molar-refractivity contribution in [2.24, 2.45) is 7.05 Å². The molecule has 0 amide bonds. The SMILES string of the molecule is CCNc1cc([N+](=O)[O-])cc(-c2ccnn2C)n1. The minimum Gasteiger partial charge on any atom is -0.370 e. The van der Waals surface area contributed by atoms with Crippen LogP contribution in [0.4, 0.5) is 11.5 Å². The highest BCUT2D eigenvalue weighted by molar-refractivity contribution is 5.62. The second kappa shape index (κ2) is 4.82. The number of aryl methyl sites for hydroxylation is 1. The molecule has 0 aliphatic carbocycles. The molecule has 0 aliphatic rings. The molecule has 2 aromatic rings. The van der Waals surface area contributed by atoms with Crippen molar-refractivity contribution in [1.29, 1.82) is 0 Å². The van der Waals surface area contributed by atoms with E-state index in [4.69, 9.17) is 0 Å². The number of hydrogen-bond donors (Lipinski definition) is 1. The summed E-state index contributed by atoms with van der Waals surface area (Å²) in [5.74, 6) is 0.489. The summed E-state index contributed by atoms with van der Waals surface area (Å²) in [4.78, 5) is 14.8. The molecule has 2 rings (SSSR count). The molecule has 2 aromatic heterocycles. The van der Waals surface area contributed by atoms with E-state index in [1.165, 1.54) is 12.1 Å². The summed E-state index contributed by atoms with van der Waals surface area (Å²) in [6.07, 6.45) is 1.63. The summed E-state index contributed by atoms with van der Waals surface area (Å²) in [6, 6.07) is 4.63. The number of nitrogens with one attached hydrogen (secondary N) is 1. The van der Waals surface area contributed by atoms with E-state index in [9.17, 15) is 10.1 Å². The molecule has 18 heavy (non-hydrogen) atoms. The van der Waals surface area contributed by atoms with Crippen LogP contribution in [0.25, 0.3) is 11.4 Å². The molecular formula is C11H13N5O2. The van der Waals surface area contributed by atoms with Gasteiger partial charge in [-0.2, -0.15) is 5.10 Å². The van der Waals surface area contributed by atoms with E-state index in [0.717, 1.165) is 5.69 Å². The third-order valence-corrected chi connectivity index (χ3v) is 2.46. The predicted octanol–water partition coefficient (Wildman–Crippen LogP) is 1.82. The van der Waals surface area contributed by atoms with Gasteiger partial charge in [0, 0.05) is 25.9 Å². The van der Waals surface area contributed by atoms with Crippen LogP contribution in [0, 0.1) is 10.1 Å². The van der Waals surface area contributed by atoms with Gasteiger partial charge in [-0.15, -0.1) is 0 Å². The summed E-state index contributed by atoms with van der Waals surface area (Å²) in [5.41, 5.74) is 1.27. The fourth-order valence-electron chi connectivity index (χ4n) is 1.65. The Labute approximate surface area is 104 Å². The van der Waals surface area contributed by atoms with E-state index in [1.54, 1.807) is 24.0 Å². The van der Waals surface area contributed by atoms with E-state index in [0.29, 0.717) is 18.1 Å². The molecule has 2 heterocycles. The van der Waals surface area contributed by atoms with Crippen molar-refractivity contribution < 1.29 is 4.92 Å². The summed E-state index contributed by atoms with van der Waals surface area (Å²) in [6.45, 7) is 2.56. The highest BCUT2D eigenvalue weighted by Gasteiger charge is 2.13. The maximum absolute atomic E-state index is 10.9. The summed E-state index contributed by atoms with van der Waals surface area (Å²) >= 11 is 0. The van der Waals surface area contributed by atoms with E-state index in [1.807, 2.05) is 6.92 Å². The average Bonchev–Trinajstić information content (AvgIpc) is 2.75. The Balaban J connectivity index is 2.53. The molecular weight excluding hydrogens is 234 g/mol. The van der Waals surface area contributed by atoms with Crippen LogP contribution in [-0.2, 0) is 7.05 Å². The van der Waals surface area contributed by atoms with Crippen LogP contribution in [0.5, 0.6) is 0 Å². The molecule has 0 saturated carbocycles. The van der Waals surface area contributed by atoms with Crippen LogP contribution in [0.3, 0.4) is 0 Å². The monoisotopic (exact) mass is 247 g/mol. The Morgan fingerprint density at radius 1 is 1.50 bits per heavy atom. The Kier molecular flexibility index (Phi) is 3.22. The number of anilines is 1. The second-order valence-electron chi connectivity index (χ2n) is 3.72. The zero-order valence-electron chi connectivity index (χ0n) is 10.1. The van der Waals surface area contributed by atoms with E-state index >= 15 is 0 Å². The van der Waals surface area contributed by atoms with Crippen LogP contribution < -0.4 is 5.32 Å². The summed E-state index contributed by atoms with van der Waals surface area (Å²) in [5, 5.41) is 17.9. The molecule has 94 valence electrons. The molecule has 0 aliphatic heterocycles. The highest BCUT2D eigenvalue weighted by Crippen LogP contribution is 2.24. The Morgan fingerprint density at radius 3 is 2.83 bits per heavy atom. The van der Waals surface area contributed by atoms with Gasteiger partial charge in [0.25, 0.3) is 5.69 Å². The maximum atomic E-state index is 10.9. The molecule has 0 aromatic carbocycles. The van der Waals surface area contributed by atoms with Crippen molar-refractivity contribution in [1.82, 2.24) is 14.8 Å². The second-order valence-corrected chi connectivity index (χ2v) is 3.72. The molecule has 1 N–H and O–H groups in total. The largest absolute Gasteiger partial charge is 0.370 e. The normalized spacial score (nSPS) is 10.3. The number of nitrogens with zero attached hydrogens (tertiary/aromatic N) is 4. The van der Waals surface area contributed by atoms with Gasteiger partial charge in [-0.25, -0.2) is 4.98 Å². The van der Waals surface area contributed by atoms with E-state index < -0.39 is 4.92 Å². The average molecular weight is 247 g/mol. The van der Waals surface area contributed by atoms with Crippen LogP contribution in [0.1, 0.15) is 6.92 Å². The lowest BCUT2D eigenvalue weighted by Gasteiger charge is -2.06. The van der Waals surface area contributed by atoms with Gasteiger partial charge in [-0.3, -0.25) is 14.8 Å². The first-order valence-corrected chi connectivity index (χ1v) is 5.50. The molecule has 0 fully saturated rings. The molecule has 0 unspecified atom stereocenters. The lowest BCUT2D eigenvalue weighted by atomic mass is 10.2. The van der Waals surface area contributed by atoms with Crippen LogP contribution in [-0.4, -0.2) is 26.2 Å². The van der Waals surface area contributed by atoms with Crippen molar-refractivity contribution >= 4 is 11.5 Å². The molecule has 7 nitrogen and oxygen atoms in total. The topological polar surface area (TPSA) is 85.9 Å². The fourth-order valence-corrected chi connectivity index (χ4v) is 1.65. The standard InChI is InChI=1S/C11H13N5O2/c1-3-12-11-7-8(16(17)18)6-9(14-11)10-4-5-13-15(10)2/h4-7H,3H2,1-2H3,(H,12,14). The molecule has 0 radical (unpaired) electrons. The summed E-state index contributed by atoms with van der Waals surface area (Å²) in [7, 11) is 1.77. The van der Waals surface area contributed by atoms with Crippen molar-refractivity contribution in [3.63, 3.8) is 0 Å². The van der Waals surface area contributed by atoms with Gasteiger partial charge in [0.1, 0.15) is 5.82 Å². The minimum absolute atomic E-state index is 0.0113. The first kappa shape index (κ1) is 12.0. The zero-order chi connectivity index (χ0) is 13.1. The van der Waals surface area contributed by atoms with Gasteiger partial charge >= 0.3 is 0 Å². The Bertz CT molecular complexity index is 579. The third-order valence-electron chi connectivity index (χ3n) is 2.46. The number of aromatic nitrogens is 3.